The van der Waals surface area contributed by atoms with Gasteiger partial charge in [-0.15, -0.1) is 6.58 Å². The zero-order valence-corrected chi connectivity index (χ0v) is 11.3. The Hall–Kier alpha value is -0.950. The minimum atomic E-state index is 0.747. The van der Waals surface area contributed by atoms with Crippen molar-refractivity contribution in [3.05, 3.63) is 41.4 Å². The molecular formula is C15H21ClO. The summed E-state index contributed by atoms with van der Waals surface area (Å²) in [7, 11) is 0. The molecule has 1 nitrogen and oxygen atoms in total. The third-order valence-electron chi connectivity index (χ3n) is 2.58. The molecule has 0 amide bonds. The molecule has 0 saturated heterocycles. The van der Waals surface area contributed by atoms with Crippen molar-refractivity contribution in [3.8, 4) is 5.75 Å². The largest absolute Gasteiger partial charge is 0.494 e. The van der Waals surface area contributed by atoms with Gasteiger partial charge in [-0.2, -0.15) is 0 Å². The average Bonchev–Trinajstić information content (AvgIpc) is 2.30. The van der Waals surface area contributed by atoms with Crippen molar-refractivity contribution in [2.75, 3.05) is 6.61 Å². The summed E-state index contributed by atoms with van der Waals surface area (Å²) in [4.78, 5) is 0. The van der Waals surface area contributed by atoms with E-state index in [1.807, 2.05) is 24.3 Å². The molecule has 0 unspecified atom stereocenters. The fourth-order valence-electron chi connectivity index (χ4n) is 1.60. The minimum absolute atomic E-state index is 0.747. The molecule has 0 atom stereocenters. The molecule has 0 fully saturated rings. The van der Waals surface area contributed by atoms with E-state index in [1.54, 1.807) is 0 Å². The van der Waals surface area contributed by atoms with Crippen molar-refractivity contribution < 1.29 is 4.74 Å². The summed E-state index contributed by atoms with van der Waals surface area (Å²) in [6.45, 7) is 6.77. The van der Waals surface area contributed by atoms with Crippen LogP contribution in [-0.2, 0) is 0 Å². The van der Waals surface area contributed by atoms with Crippen LogP contribution in [0, 0.1) is 0 Å². The summed E-state index contributed by atoms with van der Waals surface area (Å²) < 4.78 is 5.61. The van der Waals surface area contributed by atoms with E-state index in [2.05, 4.69) is 13.5 Å². The van der Waals surface area contributed by atoms with Crippen molar-refractivity contribution in [3.63, 3.8) is 0 Å². The molecular weight excluding hydrogens is 232 g/mol. The van der Waals surface area contributed by atoms with Gasteiger partial charge in [0.2, 0.25) is 0 Å². The predicted octanol–water partition coefficient (Wildman–Crippen LogP) is 5.25. The Labute approximate surface area is 109 Å². The van der Waals surface area contributed by atoms with Gasteiger partial charge in [-0.25, -0.2) is 0 Å². The standard InChI is InChI=1S/C15H21ClO/c1-13(2)7-5-3-4-6-12-17-15-10-8-14(16)9-11-15/h8-11H,1,3-7,12H2,2H3. The highest BCUT2D eigenvalue weighted by molar-refractivity contribution is 6.30. The lowest BCUT2D eigenvalue weighted by atomic mass is 10.1. The zero-order chi connectivity index (χ0) is 12.5. The van der Waals surface area contributed by atoms with Gasteiger partial charge in [0.1, 0.15) is 5.75 Å². The maximum absolute atomic E-state index is 5.79. The van der Waals surface area contributed by atoms with Gasteiger partial charge in [0.05, 0.1) is 6.61 Å². The normalized spacial score (nSPS) is 10.2. The minimum Gasteiger partial charge on any atom is -0.494 e. The number of benzene rings is 1. The first-order chi connectivity index (χ1) is 8.18. The summed E-state index contributed by atoms with van der Waals surface area (Å²) in [6.07, 6.45) is 5.99. The first-order valence-corrected chi connectivity index (χ1v) is 6.59. The van der Waals surface area contributed by atoms with E-state index in [9.17, 15) is 0 Å². The molecule has 0 saturated carbocycles. The van der Waals surface area contributed by atoms with Gasteiger partial charge < -0.3 is 4.74 Å². The molecule has 1 rings (SSSR count). The number of hydrogen-bond acceptors (Lipinski definition) is 1. The fraction of sp³-hybridized carbons (Fsp3) is 0.467. The van der Waals surface area contributed by atoms with E-state index in [0.29, 0.717) is 0 Å². The molecule has 0 heterocycles. The van der Waals surface area contributed by atoms with Crippen molar-refractivity contribution in [2.24, 2.45) is 0 Å². The Morgan fingerprint density at radius 2 is 1.76 bits per heavy atom. The Kier molecular flexibility index (Phi) is 6.80. The first-order valence-electron chi connectivity index (χ1n) is 6.21. The van der Waals surface area contributed by atoms with Crippen LogP contribution in [0.25, 0.3) is 0 Å². The van der Waals surface area contributed by atoms with E-state index in [0.717, 1.165) is 30.2 Å². The number of allylic oxidation sites excluding steroid dienone is 1. The molecule has 0 aliphatic heterocycles. The molecule has 1 aromatic carbocycles. The number of halogens is 1. The highest BCUT2D eigenvalue weighted by Gasteiger charge is 1.94. The fourth-order valence-corrected chi connectivity index (χ4v) is 1.73. The van der Waals surface area contributed by atoms with Crippen molar-refractivity contribution >= 4 is 11.6 Å². The van der Waals surface area contributed by atoms with E-state index in [-0.39, 0.29) is 0 Å². The van der Waals surface area contributed by atoms with Gasteiger partial charge in [-0.1, -0.05) is 30.0 Å². The van der Waals surface area contributed by atoms with Crippen LogP contribution < -0.4 is 4.74 Å². The predicted molar refractivity (Wildman–Crippen MR) is 74.8 cm³/mol. The van der Waals surface area contributed by atoms with Crippen molar-refractivity contribution in [1.82, 2.24) is 0 Å². The Morgan fingerprint density at radius 1 is 1.12 bits per heavy atom. The SMILES string of the molecule is C=C(C)CCCCCCOc1ccc(Cl)cc1. The molecule has 0 aliphatic carbocycles. The van der Waals surface area contributed by atoms with Crippen LogP contribution in [0.2, 0.25) is 5.02 Å². The molecule has 0 N–H and O–H groups in total. The summed E-state index contributed by atoms with van der Waals surface area (Å²) >= 11 is 5.79. The van der Waals surface area contributed by atoms with Crippen LogP contribution in [0.15, 0.2) is 36.4 Å². The molecule has 0 aromatic heterocycles. The van der Waals surface area contributed by atoms with Crippen LogP contribution in [0.4, 0.5) is 0 Å². The Bertz CT molecular complexity index is 329. The third kappa shape index (κ3) is 7.06. The van der Waals surface area contributed by atoms with Gasteiger partial charge in [-0.3, -0.25) is 0 Å². The van der Waals surface area contributed by atoms with E-state index in [1.165, 1.54) is 24.8 Å². The van der Waals surface area contributed by atoms with Crippen LogP contribution in [0.1, 0.15) is 39.0 Å². The number of rotatable bonds is 8. The maximum atomic E-state index is 5.79. The maximum Gasteiger partial charge on any atom is 0.119 e. The molecule has 0 spiro atoms. The Morgan fingerprint density at radius 3 is 2.41 bits per heavy atom. The van der Waals surface area contributed by atoms with Crippen LogP contribution >= 0.6 is 11.6 Å². The second-order valence-electron chi connectivity index (χ2n) is 4.42. The van der Waals surface area contributed by atoms with Gasteiger partial charge in [0, 0.05) is 5.02 Å². The van der Waals surface area contributed by atoms with E-state index in [4.69, 9.17) is 16.3 Å². The zero-order valence-electron chi connectivity index (χ0n) is 10.5. The summed E-state index contributed by atoms with van der Waals surface area (Å²) in [6, 6.07) is 7.51. The second kappa shape index (κ2) is 8.19. The molecule has 1 aromatic rings. The second-order valence-corrected chi connectivity index (χ2v) is 4.86. The molecule has 2 heteroatoms. The molecule has 0 radical (unpaired) electrons. The first kappa shape index (κ1) is 14.1. The molecule has 0 bridgehead atoms. The lowest BCUT2D eigenvalue weighted by molar-refractivity contribution is 0.304. The topological polar surface area (TPSA) is 9.23 Å². The van der Waals surface area contributed by atoms with Gasteiger partial charge in [-0.05, 0) is 50.5 Å². The number of ether oxygens (including phenoxy) is 1. The van der Waals surface area contributed by atoms with E-state index >= 15 is 0 Å². The van der Waals surface area contributed by atoms with Gasteiger partial charge in [0.15, 0.2) is 0 Å². The van der Waals surface area contributed by atoms with Gasteiger partial charge in [0.25, 0.3) is 0 Å². The summed E-state index contributed by atoms with van der Waals surface area (Å²) in [5, 5.41) is 0.747. The number of unbranched alkanes of at least 4 members (excludes halogenated alkanes) is 3. The van der Waals surface area contributed by atoms with E-state index < -0.39 is 0 Å². The third-order valence-corrected chi connectivity index (χ3v) is 2.83. The van der Waals surface area contributed by atoms with Gasteiger partial charge >= 0.3 is 0 Å². The summed E-state index contributed by atoms with van der Waals surface area (Å²) in [5.41, 5.74) is 1.28. The van der Waals surface area contributed by atoms with Crippen LogP contribution in [-0.4, -0.2) is 6.61 Å². The summed E-state index contributed by atoms with van der Waals surface area (Å²) in [5.74, 6) is 0.899. The van der Waals surface area contributed by atoms with Crippen molar-refractivity contribution in [1.29, 1.82) is 0 Å². The lowest BCUT2D eigenvalue weighted by Gasteiger charge is -2.06. The monoisotopic (exact) mass is 252 g/mol. The average molecular weight is 253 g/mol. The highest BCUT2D eigenvalue weighted by Crippen LogP contribution is 2.16. The Balaban J connectivity index is 2.01. The number of hydrogen-bond donors (Lipinski definition) is 0. The van der Waals surface area contributed by atoms with Crippen LogP contribution in [0.3, 0.4) is 0 Å². The van der Waals surface area contributed by atoms with Crippen LogP contribution in [0.5, 0.6) is 5.75 Å². The molecule has 17 heavy (non-hydrogen) atoms. The molecule has 0 aliphatic rings. The lowest BCUT2D eigenvalue weighted by Crippen LogP contribution is -1.96. The highest BCUT2D eigenvalue weighted by atomic mass is 35.5. The smallest absolute Gasteiger partial charge is 0.119 e. The quantitative estimate of drug-likeness (QED) is 0.454. The molecule has 94 valence electrons. The van der Waals surface area contributed by atoms with Crippen molar-refractivity contribution in [2.45, 2.75) is 39.0 Å².